The van der Waals surface area contributed by atoms with Crippen molar-refractivity contribution in [1.82, 2.24) is 10.2 Å². The number of nitrogens with zero attached hydrogens (tertiary/aromatic N) is 1. The molecule has 3 amide bonds. The summed E-state index contributed by atoms with van der Waals surface area (Å²) in [6, 6.07) is 5.01. The highest BCUT2D eigenvalue weighted by Crippen LogP contribution is 2.27. The van der Waals surface area contributed by atoms with E-state index in [4.69, 9.17) is 23.2 Å². The van der Waals surface area contributed by atoms with Crippen molar-refractivity contribution in [3.63, 3.8) is 0 Å². The summed E-state index contributed by atoms with van der Waals surface area (Å²) in [5.41, 5.74) is 0.480. The summed E-state index contributed by atoms with van der Waals surface area (Å²) in [7, 11) is 0. The first kappa shape index (κ1) is 16.4. The second-order valence-electron chi connectivity index (χ2n) is 6.12. The van der Waals surface area contributed by atoms with E-state index < -0.39 is 0 Å². The predicted octanol–water partition coefficient (Wildman–Crippen LogP) is 3.52. The van der Waals surface area contributed by atoms with Crippen LogP contribution in [0.3, 0.4) is 0 Å². The van der Waals surface area contributed by atoms with Gasteiger partial charge in [-0.05, 0) is 43.9 Å². The second kappa shape index (κ2) is 6.97. The number of hydrogen-bond donors (Lipinski definition) is 2. The maximum Gasteiger partial charge on any atom is 0.321 e. The lowest BCUT2D eigenvalue weighted by molar-refractivity contribution is -0.126. The molecular formula is C16H19Cl2N3O2. The number of benzene rings is 1. The first-order chi connectivity index (χ1) is 11.0. The molecule has 1 aliphatic carbocycles. The van der Waals surface area contributed by atoms with Gasteiger partial charge in [0.25, 0.3) is 0 Å². The van der Waals surface area contributed by atoms with Crippen LogP contribution in [0, 0.1) is 5.92 Å². The molecule has 7 heteroatoms. The van der Waals surface area contributed by atoms with Gasteiger partial charge in [-0.15, -0.1) is 0 Å². The van der Waals surface area contributed by atoms with Crippen molar-refractivity contribution in [3.05, 3.63) is 28.2 Å². The lowest BCUT2D eigenvalue weighted by Crippen LogP contribution is -2.47. The molecule has 0 spiro atoms. The van der Waals surface area contributed by atoms with Crippen LogP contribution in [-0.4, -0.2) is 36.0 Å². The smallest absolute Gasteiger partial charge is 0.321 e. The van der Waals surface area contributed by atoms with Crippen LogP contribution in [0.5, 0.6) is 0 Å². The van der Waals surface area contributed by atoms with Crippen LogP contribution < -0.4 is 10.6 Å². The Morgan fingerprint density at radius 2 is 1.96 bits per heavy atom. The van der Waals surface area contributed by atoms with E-state index in [9.17, 15) is 9.59 Å². The largest absolute Gasteiger partial charge is 0.353 e. The summed E-state index contributed by atoms with van der Waals surface area (Å²) in [5, 5.41) is 6.72. The summed E-state index contributed by atoms with van der Waals surface area (Å²) >= 11 is 12.0. The van der Waals surface area contributed by atoms with Gasteiger partial charge in [0, 0.05) is 24.2 Å². The monoisotopic (exact) mass is 355 g/mol. The van der Waals surface area contributed by atoms with Crippen molar-refractivity contribution >= 4 is 40.8 Å². The van der Waals surface area contributed by atoms with Crippen LogP contribution in [0.4, 0.5) is 10.5 Å². The van der Waals surface area contributed by atoms with Gasteiger partial charge in [0.05, 0.1) is 16.6 Å². The summed E-state index contributed by atoms with van der Waals surface area (Å²) in [4.78, 5) is 26.2. The van der Waals surface area contributed by atoms with Gasteiger partial charge in [0.2, 0.25) is 5.91 Å². The average molecular weight is 356 g/mol. The van der Waals surface area contributed by atoms with Crippen LogP contribution in [0.25, 0.3) is 0 Å². The van der Waals surface area contributed by atoms with Gasteiger partial charge >= 0.3 is 6.03 Å². The third kappa shape index (κ3) is 4.30. The minimum Gasteiger partial charge on any atom is -0.353 e. The minimum atomic E-state index is -0.252. The van der Waals surface area contributed by atoms with Crippen LogP contribution in [0.1, 0.15) is 25.7 Å². The highest BCUT2D eigenvalue weighted by atomic mass is 35.5. The van der Waals surface area contributed by atoms with E-state index in [2.05, 4.69) is 10.6 Å². The van der Waals surface area contributed by atoms with Gasteiger partial charge in [-0.25, -0.2) is 4.79 Å². The molecule has 2 aliphatic rings. The zero-order valence-corrected chi connectivity index (χ0v) is 14.2. The average Bonchev–Trinajstić information content (AvgIpc) is 3.35. The number of piperidine rings is 1. The van der Waals surface area contributed by atoms with E-state index in [1.54, 1.807) is 23.1 Å². The Labute approximate surface area is 145 Å². The van der Waals surface area contributed by atoms with Gasteiger partial charge in [-0.1, -0.05) is 23.2 Å². The maximum atomic E-state index is 12.4. The lowest BCUT2D eigenvalue weighted by atomic mass is 9.97. The van der Waals surface area contributed by atoms with Crippen LogP contribution in [0.2, 0.25) is 10.0 Å². The molecule has 1 atom stereocenters. The van der Waals surface area contributed by atoms with Crippen LogP contribution >= 0.6 is 23.2 Å². The Bertz CT molecular complexity index is 619. The standard InChI is InChI=1S/C16H19Cl2N3O2/c17-11-3-6-13(18)14(8-11)20-16(23)21-7-1-2-10(9-21)15(22)19-12-4-5-12/h3,6,8,10,12H,1-2,4-5,7,9H2,(H,19,22)(H,20,23)/t10-/m0/s1. The van der Waals surface area contributed by atoms with Crippen molar-refractivity contribution in [2.75, 3.05) is 18.4 Å². The summed E-state index contributed by atoms with van der Waals surface area (Å²) in [6.07, 6.45) is 3.77. The van der Waals surface area contributed by atoms with Crippen molar-refractivity contribution < 1.29 is 9.59 Å². The molecule has 1 aliphatic heterocycles. The SMILES string of the molecule is O=C(NC1CC1)[C@H]1CCCN(C(=O)Nc2cc(Cl)ccc2Cl)C1. The Balaban J connectivity index is 1.60. The molecular weight excluding hydrogens is 337 g/mol. The molecule has 124 valence electrons. The zero-order valence-electron chi connectivity index (χ0n) is 12.6. The number of rotatable bonds is 3. The normalized spacial score (nSPS) is 21.0. The van der Waals surface area contributed by atoms with Crippen molar-refractivity contribution in [2.24, 2.45) is 5.92 Å². The topological polar surface area (TPSA) is 61.4 Å². The Hall–Kier alpha value is -1.46. The van der Waals surface area contributed by atoms with E-state index in [1.165, 1.54) is 0 Å². The number of hydrogen-bond acceptors (Lipinski definition) is 2. The van der Waals surface area contributed by atoms with E-state index in [0.717, 1.165) is 25.7 Å². The highest BCUT2D eigenvalue weighted by Gasteiger charge is 2.32. The molecule has 0 radical (unpaired) electrons. The number of nitrogens with one attached hydrogen (secondary N) is 2. The van der Waals surface area contributed by atoms with Gasteiger partial charge in [0.15, 0.2) is 0 Å². The molecule has 0 bridgehead atoms. The van der Waals surface area contributed by atoms with Gasteiger partial charge in [-0.3, -0.25) is 4.79 Å². The van der Waals surface area contributed by atoms with E-state index in [-0.39, 0.29) is 17.9 Å². The first-order valence-electron chi connectivity index (χ1n) is 7.84. The van der Waals surface area contributed by atoms with E-state index in [1.807, 2.05) is 0 Å². The Morgan fingerprint density at radius 3 is 2.70 bits per heavy atom. The van der Waals surface area contributed by atoms with Gasteiger partial charge < -0.3 is 15.5 Å². The number of carbonyl (C=O) groups is 2. The van der Waals surface area contributed by atoms with E-state index >= 15 is 0 Å². The molecule has 1 heterocycles. The molecule has 0 aromatic heterocycles. The maximum absolute atomic E-state index is 12.4. The Morgan fingerprint density at radius 1 is 1.17 bits per heavy atom. The number of carbonyl (C=O) groups excluding carboxylic acids is 2. The van der Waals surface area contributed by atoms with Crippen molar-refractivity contribution in [2.45, 2.75) is 31.7 Å². The number of urea groups is 1. The summed E-state index contributed by atoms with van der Waals surface area (Å²) < 4.78 is 0. The molecule has 23 heavy (non-hydrogen) atoms. The Kier molecular flexibility index (Phi) is 4.97. The lowest BCUT2D eigenvalue weighted by Gasteiger charge is -2.32. The van der Waals surface area contributed by atoms with Gasteiger partial charge in [0.1, 0.15) is 0 Å². The third-order valence-corrected chi connectivity index (χ3v) is 4.74. The molecule has 0 unspecified atom stereocenters. The number of anilines is 1. The number of halogens is 2. The third-order valence-electron chi connectivity index (χ3n) is 4.17. The summed E-state index contributed by atoms with van der Waals surface area (Å²) in [6.45, 7) is 1.07. The van der Waals surface area contributed by atoms with Crippen molar-refractivity contribution in [3.8, 4) is 0 Å². The van der Waals surface area contributed by atoms with Crippen molar-refractivity contribution in [1.29, 1.82) is 0 Å². The number of likely N-dealkylation sites (tertiary alicyclic amines) is 1. The minimum absolute atomic E-state index is 0.0609. The molecule has 1 aromatic carbocycles. The molecule has 2 N–H and O–H groups in total. The molecule has 1 saturated carbocycles. The van der Waals surface area contributed by atoms with Gasteiger partial charge in [-0.2, -0.15) is 0 Å². The molecule has 1 saturated heterocycles. The van der Waals surface area contributed by atoms with E-state index in [0.29, 0.717) is 34.9 Å². The number of amides is 3. The summed E-state index contributed by atoms with van der Waals surface area (Å²) in [5.74, 6) is -0.0734. The highest BCUT2D eigenvalue weighted by molar-refractivity contribution is 6.35. The first-order valence-corrected chi connectivity index (χ1v) is 8.60. The molecule has 2 fully saturated rings. The fraction of sp³-hybridized carbons (Fsp3) is 0.500. The zero-order chi connectivity index (χ0) is 16.4. The molecule has 5 nitrogen and oxygen atoms in total. The second-order valence-corrected chi connectivity index (χ2v) is 6.97. The predicted molar refractivity (Wildman–Crippen MR) is 90.9 cm³/mol. The fourth-order valence-corrected chi connectivity index (χ4v) is 3.05. The molecule has 1 aromatic rings. The quantitative estimate of drug-likeness (QED) is 0.871. The van der Waals surface area contributed by atoms with Crippen LogP contribution in [-0.2, 0) is 4.79 Å². The fourth-order valence-electron chi connectivity index (χ4n) is 2.71. The van der Waals surface area contributed by atoms with Crippen LogP contribution in [0.15, 0.2) is 18.2 Å². The molecule has 3 rings (SSSR count).